The van der Waals surface area contributed by atoms with Crippen LogP contribution < -0.4 is 10.7 Å². The summed E-state index contributed by atoms with van der Waals surface area (Å²) >= 11 is 1.33. The number of benzene rings is 2. The maximum atomic E-state index is 12.0. The van der Waals surface area contributed by atoms with Gasteiger partial charge in [-0.25, -0.2) is 4.98 Å². The molecule has 0 saturated heterocycles. The summed E-state index contributed by atoms with van der Waals surface area (Å²) in [4.78, 5) is 26.8. The molecule has 2 aromatic carbocycles. The van der Waals surface area contributed by atoms with Crippen LogP contribution in [-0.2, 0) is 4.79 Å². The molecule has 0 aliphatic heterocycles. The lowest BCUT2D eigenvalue weighted by atomic mass is 10.2. The third-order valence-electron chi connectivity index (χ3n) is 3.49. The molecule has 0 unspecified atom stereocenters. The quantitative estimate of drug-likeness (QED) is 0.371. The number of hydrogen-bond acceptors (Lipinski definition) is 7. The van der Waals surface area contributed by atoms with E-state index in [1.165, 1.54) is 23.6 Å². The number of rotatable bonds is 7. The number of nitro benzene ring substituents is 1. The van der Waals surface area contributed by atoms with Crippen LogP contribution in [0.15, 0.2) is 65.1 Å². The molecule has 0 saturated carbocycles. The van der Waals surface area contributed by atoms with Crippen LogP contribution >= 0.6 is 11.3 Å². The minimum Gasteiger partial charge on any atom is -0.301 e. The van der Waals surface area contributed by atoms with Crippen molar-refractivity contribution in [3.8, 4) is 11.3 Å². The molecule has 9 heteroatoms. The average Bonchev–Trinajstić information content (AvgIpc) is 3.14. The van der Waals surface area contributed by atoms with Crippen molar-refractivity contribution in [2.75, 3.05) is 11.9 Å². The predicted molar refractivity (Wildman–Crippen MR) is 105 cm³/mol. The van der Waals surface area contributed by atoms with E-state index < -0.39 is 4.92 Å². The number of nitro groups is 1. The summed E-state index contributed by atoms with van der Waals surface area (Å²) in [6.45, 7) is -0.0859. The van der Waals surface area contributed by atoms with Gasteiger partial charge in [-0.1, -0.05) is 42.5 Å². The molecule has 0 atom stereocenters. The van der Waals surface area contributed by atoms with E-state index >= 15 is 0 Å². The Bertz CT molecular complexity index is 972. The zero-order valence-electron chi connectivity index (χ0n) is 14.0. The van der Waals surface area contributed by atoms with Gasteiger partial charge in [-0.3, -0.25) is 14.9 Å². The number of para-hydroxylation sites is 1. The van der Waals surface area contributed by atoms with Crippen molar-refractivity contribution in [1.82, 2.24) is 10.4 Å². The lowest BCUT2D eigenvalue weighted by Gasteiger charge is -2.01. The van der Waals surface area contributed by atoms with Crippen LogP contribution in [0.1, 0.15) is 5.56 Å². The van der Waals surface area contributed by atoms with Crippen molar-refractivity contribution >= 4 is 34.3 Å². The van der Waals surface area contributed by atoms with E-state index in [-0.39, 0.29) is 18.1 Å². The van der Waals surface area contributed by atoms with E-state index in [1.807, 2.05) is 35.7 Å². The van der Waals surface area contributed by atoms with Gasteiger partial charge >= 0.3 is 0 Å². The lowest BCUT2D eigenvalue weighted by molar-refractivity contribution is -0.385. The standard InChI is InChI=1S/C18H15N5O3S/c24-17(11-20-19-10-14-8-4-5-9-16(14)23(25)26)22-18-21-15(12-27-18)13-6-2-1-3-7-13/h1-10,12,20H,11H2,(H,21,22,24)/b19-10+. The maximum absolute atomic E-state index is 12.0. The number of hydrogen-bond donors (Lipinski definition) is 2. The van der Waals surface area contributed by atoms with E-state index in [0.717, 1.165) is 11.3 Å². The molecule has 1 aromatic heterocycles. The number of carbonyl (C=O) groups excluding carboxylic acids is 1. The van der Waals surface area contributed by atoms with Crippen LogP contribution in [0.2, 0.25) is 0 Å². The number of hydrazone groups is 1. The van der Waals surface area contributed by atoms with Crippen LogP contribution in [0.3, 0.4) is 0 Å². The van der Waals surface area contributed by atoms with Gasteiger partial charge in [-0.2, -0.15) is 5.10 Å². The van der Waals surface area contributed by atoms with Crippen LogP contribution in [-0.4, -0.2) is 28.6 Å². The van der Waals surface area contributed by atoms with Gasteiger partial charge in [0.2, 0.25) is 5.91 Å². The first-order chi connectivity index (χ1) is 13.1. The summed E-state index contributed by atoms with van der Waals surface area (Å²) in [6.07, 6.45) is 1.31. The first-order valence-electron chi connectivity index (χ1n) is 7.93. The van der Waals surface area contributed by atoms with Crippen molar-refractivity contribution < 1.29 is 9.72 Å². The van der Waals surface area contributed by atoms with Gasteiger partial charge in [0.05, 0.1) is 22.4 Å². The van der Waals surface area contributed by atoms with Gasteiger partial charge in [0.1, 0.15) is 6.54 Å². The van der Waals surface area contributed by atoms with Crippen molar-refractivity contribution in [2.45, 2.75) is 0 Å². The number of aromatic nitrogens is 1. The predicted octanol–water partition coefficient (Wildman–Crippen LogP) is 3.28. The van der Waals surface area contributed by atoms with E-state index in [2.05, 4.69) is 20.8 Å². The van der Waals surface area contributed by atoms with Gasteiger partial charge in [0.25, 0.3) is 5.69 Å². The first-order valence-corrected chi connectivity index (χ1v) is 8.81. The summed E-state index contributed by atoms with van der Waals surface area (Å²) < 4.78 is 0. The van der Waals surface area contributed by atoms with Crippen LogP contribution in [0.4, 0.5) is 10.8 Å². The fourth-order valence-electron chi connectivity index (χ4n) is 2.23. The molecular weight excluding hydrogens is 366 g/mol. The van der Waals surface area contributed by atoms with Crippen molar-refractivity contribution in [3.05, 3.63) is 75.7 Å². The van der Waals surface area contributed by atoms with Gasteiger partial charge in [-0.15, -0.1) is 11.3 Å². The Hall–Kier alpha value is -3.59. The number of nitrogens with one attached hydrogen (secondary N) is 2. The fraction of sp³-hybridized carbons (Fsp3) is 0.0556. The minimum absolute atomic E-state index is 0.0521. The molecule has 0 aliphatic carbocycles. The monoisotopic (exact) mass is 381 g/mol. The van der Waals surface area contributed by atoms with E-state index in [4.69, 9.17) is 0 Å². The number of thiazole rings is 1. The molecule has 8 nitrogen and oxygen atoms in total. The highest BCUT2D eigenvalue weighted by molar-refractivity contribution is 7.14. The zero-order valence-corrected chi connectivity index (χ0v) is 14.8. The molecule has 27 heavy (non-hydrogen) atoms. The normalized spacial score (nSPS) is 10.7. The fourth-order valence-corrected chi connectivity index (χ4v) is 2.97. The number of nitrogens with zero attached hydrogens (tertiary/aromatic N) is 3. The van der Waals surface area contributed by atoms with Gasteiger partial charge in [-0.05, 0) is 6.07 Å². The highest BCUT2D eigenvalue weighted by Crippen LogP contribution is 2.24. The molecule has 0 bridgehead atoms. The molecule has 0 spiro atoms. The number of carbonyl (C=O) groups is 1. The third-order valence-corrected chi connectivity index (χ3v) is 4.25. The Morgan fingerprint density at radius 2 is 1.93 bits per heavy atom. The Kier molecular flexibility index (Phi) is 5.85. The third kappa shape index (κ3) is 4.95. The number of amides is 1. The topological polar surface area (TPSA) is 110 Å². The van der Waals surface area contributed by atoms with Gasteiger partial charge in [0, 0.05) is 17.0 Å². The SMILES string of the molecule is O=C(CN/N=C/c1ccccc1[N+](=O)[O-])Nc1nc(-c2ccccc2)cs1. The van der Waals surface area contributed by atoms with E-state index in [0.29, 0.717) is 10.7 Å². The lowest BCUT2D eigenvalue weighted by Crippen LogP contribution is -2.24. The average molecular weight is 381 g/mol. The second-order valence-corrected chi connectivity index (χ2v) is 6.22. The minimum atomic E-state index is -0.485. The molecule has 1 amide bonds. The molecule has 3 aromatic rings. The molecule has 0 radical (unpaired) electrons. The Morgan fingerprint density at radius 3 is 2.70 bits per heavy atom. The molecule has 1 heterocycles. The summed E-state index contributed by atoms with van der Waals surface area (Å²) in [5, 5.41) is 19.8. The van der Waals surface area contributed by atoms with E-state index in [1.54, 1.807) is 18.2 Å². The zero-order chi connectivity index (χ0) is 19.1. The second kappa shape index (κ2) is 8.68. The molecule has 0 aliphatic rings. The first kappa shape index (κ1) is 18.2. The van der Waals surface area contributed by atoms with Crippen molar-refractivity contribution in [1.29, 1.82) is 0 Å². The number of anilines is 1. The molecular formula is C18H15N5O3S. The Balaban J connectivity index is 1.52. The molecule has 0 fully saturated rings. The molecule has 3 rings (SSSR count). The Labute approximate surface area is 158 Å². The van der Waals surface area contributed by atoms with Crippen molar-refractivity contribution in [2.24, 2.45) is 5.10 Å². The summed E-state index contributed by atoms with van der Waals surface area (Å²) in [5.41, 5.74) is 4.63. The van der Waals surface area contributed by atoms with Crippen LogP contribution in [0, 0.1) is 10.1 Å². The molecule has 2 N–H and O–H groups in total. The van der Waals surface area contributed by atoms with E-state index in [9.17, 15) is 14.9 Å². The molecule has 136 valence electrons. The second-order valence-electron chi connectivity index (χ2n) is 5.36. The summed E-state index contributed by atoms with van der Waals surface area (Å²) in [5.74, 6) is -0.316. The highest BCUT2D eigenvalue weighted by atomic mass is 32.1. The highest BCUT2D eigenvalue weighted by Gasteiger charge is 2.10. The maximum Gasteiger partial charge on any atom is 0.278 e. The van der Waals surface area contributed by atoms with Crippen LogP contribution in [0.5, 0.6) is 0 Å². The van der Waals surface area contributed by atoms with Gasteiger partial charge < -0.3 is 10.7 Å². The summed E-state index contributed by atoms with van der Waals surface area (Å²) in [7, 11) is 0. The Morgan fingerprint density at radius 1 is 1.19 bits per heavy atom. The summed E-state index contributed by atoms with van der Waals surface area (Å²) in [6, 6.07) is 15.9. The van der Waals surface area contributed by atoms with Crippen molar-refractivity contribution in [3.63, 3.8) is 0 Å². The smallest absolute Gasteiger partial charge is 0.278 e. The van der Waals surface area contributed by atoms with Gasteiger partial charge in [0.15, 0.2) is 5.13 Å². The largest absolute Gasteiger partial charge is 0.301 e. The van der Waals surface area contributed by atoms with Crippen LogP contribution in [0.25, 0.3) is 11.3 Å².